The van der Waals surface area contributed by atoms with E-state index in [2.05, 4.69) is 0 Å². The number of pyridine rings is 1. The summed E-state index contributed by atoms with van der Waals surface area (Å²) in [4.78, 5) is 0. The second-order valence-electron chi connectivity index (χ2n) is 3.53. The van der Waals surface area contributed by atoms with Crippen LogP contribution in [0.15, 0.2) is 12.3 Å². The van der Waals surface area contributed by atoms with Crippen LogP contribution < -0.4 is 9.47 Å². The smallest absolute Gasteiger partial charge is 0.422 e. The Morgan fingerprint density at radius 1 is 1.56 bits per heavy atom. The maximum atomic E-state index is 12.5. The number of aromatic nitrogens is 1. The molecule has 0 saturated carbocycles. The van der Waals surface area contributed by atoms with Crippen LogP contribution in [-0.4, -0.2) is 24.5 Å². The first-order valence-corrected chi connectivity index (χ1v) is 4.84. The first-order chi connectivity index (χ1) is 8.29. The van der Waals surface area contributed by atoms with E-state index in [1.807, 2.05) is 0 Å². The second-order valence-corrected chi connectivity index (χ2v) is 3.53. The number of nitrogens with one attached hydrogen (secondary N) is 1. The zero-order valence-corrected chi connectivity index (χ0v) is 9.41. The maximum absolute atomic E-state index is 12.5. The number of aliphatic hydroxyl groups is 1. The van der Waals surface area contributed by atoms with Crippen LogP contribution in [0.3, 0.4) is 0 Å². The number of ether oxygens (including phenoxy) is 1. The molecule has 0 unspecified atom stereocenters. The van der Waals surface area contributed by atoms with E-state index in [0.717, 1.165) is 13.2 Å². The average molecular weight is 264 g/mol. The van der Waals surface area contributed by atoms with E-state index in [1.54, 1.807) is 0 Å². The Morgan fingerprint density at radius 2 is 2.17 bits per heavy atom. The average Bonchev–Trinajstić information content (AvgIpc) is 2.27. The molecule has 0 aromatic carbocycles. The molecule has 1 aromatic heterocycles. The molecule has 0 aliphatic heterocycles. The Labute approximate surface area is 101 Å². The summed E-state index contributed by atoms with van der Waals surface area (Å²) in [6.07, 6.45) is -4.58. The summed E-state index contributed by atoms with van der Waals surface area (Å²) in [6.45, 7) is -0.599. The molecule has 2 N–H and O–H groups in total. The minimum Gasteiger partial charge on any atom is -0.616 e. The number of aliphatic hydroxyl groups excluding tert-OH is 1. The summed E-state index contributed by atoms with van der Waals surface area (Å²) in [5.74, 6) is -0.318. The fourth-order valence-electron chi connectivity index (χ4n) is 1.40. The normalized spacial score (nSPS) is 11.4. The van der Waals surface area contributed by atoms with Crippen LogP contribution >= 0.6 is 0 Å². The first-order valence-electron chi connectivity index (χ1n) is 4.84. The SMILES string of the molecule is COc1c(CC(=N)CO)cc(C(F)(F)F)c[n+]1[O-]. The van der Waals surface area contributed by atoms with Crippen molar-refractivity contribution in [3.05, 3.63) is 28.6 Å². The van der Waals surface area contributed by atoms with E-state index in [1.165, 1.54) is 0 Å². The van der Waals surface area contributed by atoms with Crippen LogP contribution in [0.4, 0.5) is 13.2 Å². The topological polar surface area (TPSA) is 80.2 Å². The third-order valence-electron chi connectivity index (χ3n) is 2.18. The number of methoxy groups -OCH3 is 1. The largest absolute Gasteiger partial charge is 0.616 e. The molecule has 0 amide bonds. The predicted molar refractivity (Wildman–Crippen MR) is 55.5 cm³/mol. The van der Waals surface area contributed by atoms with Gasteiger partial charge < -0.3 is 20.5 Å². The van der Waals surface area contributed by atoms with E-state index >= 15 is 0 Å². The van der Waals surface area contributed by atoms with Gasteiger partial charge in [0.15, 0.2) is 6.20 Å². The quantitative estimate of drug-likeness (QED) is 0.481. The number of halogens is 3. The van der Waals surface area contributed by atoms with Gasteiger partial charge in [0.25, 0.3) is 0 Å². The first kappa shape index (κ1) is 14.2. The molecule has 0 spiro atoms. The van der Waals surface area contributed by atoms with Crippen LogP contribution in [0.2, 0.25) is 0 Å². The lowest BCUT2D eigenvalue weighted by atomic mass is 10.1. The van der Waals surface area contributed by atoms with Gasteiger partial charge in [-0.1, -0.05) is 0 Å². The van der Waals surface area contributed by atoms with E-state index in [9.17, 15) is 18.4 Å². The van der Waals surface area contributed by atoms with Gasteiger partial charge in [0.05, 0.1) is 19.3 Å². The molecule has 0 saturated heterocycles. The van der Waals surface area contributed by atoms with Crippen molar-refractivity contribution in [2.75, 3.05) is 13.7 Å². The molecule has 0 radical (unpaired) electrons. The predicted octanol–water partition coefficient (Wildman–Crippen LogP) is 0.902. The van der Waals surface area contributed by atoms with Crippen LogP contribution in [0.5, 0.6) is 5.88 Å². The van der Waals surface area contributed by atoms with Crippen molar-refractivity contribution in [2.24, 2.45) is 0 Å². The summed E-state index contributed by atoms with van der Waals surface area (Å²) in [5.41, 5.74) is -1.44. The Morgan fingerprint density at radius 3 is 2.61 bits per heavy atom. The molecule has 1 aromatic rings. The van der Waals surface area contributed by atoms with E-state index in [4.69, 9.17) is 15.3 Å². The van der Waals surface area contributed by atoms with Crippen LogP contribution in [0.1, 0.15) is 11.1 Å². The standard InChI is InChI=1S/C10H11F3N2O3/c1-18-9-6(3-8(14)5-16)2-7(4-15(9)17)10(11,12)13/h2,4,14,16H,3,5H2,1H3. The van der Waals surface area contributed by atoms with Gasteiger partial charge in [-0.2, -0.15) is 13.2 Å². The Hall–Kier alpha value is -1.83. The summed E-state index contributed by atoms with van der Waals surface area (Å²) >= 11 is 0. The Balaban J connectivity index is 3.28. The highest BCUT2D eigenvalue weighted by Crippen LogP contribution is 2.30. The van der Waals surface area contributed by atoms with Gasteiger partial charge in [0, 0.05) is 12.1 Å². The molecule has 0 fully saturated rings. The van der Waals surface area contributed by atoms with Gasteiger partial charge in [-0.25, -0.2) is 0 Å². The summed E-state index contributed by atoms with van der Waals surface area (Å²) < 4.78 is 42.2. The van der Waals surface area contributed by atoms with E-state index < -0.39 is 18.3 Å². The molecule has 0 aliphatic carbocycles. The van der Waals surface area contributed by atoms with Crippen molar-refractivity contribution < 1.29 is 27.7 Å². The summed E-state index contributed by atoms with van der Waals surface area (Å²) in [5, 5.41) is 27.3. The van der Waals surface area contributed by atoms with Gasteiger partial charge in [-0.15, -0.1) is 4.73 Å². The lowest BCUT2D eigenvalue weighted by Crippen LogP contribution is -2.32. The molecule has 5 nitrogen and oxygen atoms in total. The van der Waals surface area contributed by atoms with Crippen molar-refractivity contribution in [3.8, 4) is 5.88 Å². The number of rotatable bonds is 4. The van der Waals surface area contributed by atoms with Crippen molar-refractivity contribution in [1.82, 2.24) is 0 Å². The minimum atomic E-state index is -4.66. The van der Waals surface area contributed by atoms with Gasteiger partial charge in [0.1, 0.15) is 5.56 Å². The fraction of sp³-hybridized carbons (Fsp3) is 0.400. The Bertz CT molecular complexity index is 460. The molecular formula is C10H11F3N2O3. The van der Waals surface area contributed by atoms with Crippen LogP contribution in [0, 0.1) is 10.6 Å². The number of hydrogen-bond donors (Lipinski definition) is 2. The van der Waals surface area contributed by atoms with Crippen LogP contribution in [0.25, 0.3) is 0 Å². The van der Waals surface area contributed by atoms with Gasteiger partial charge >= 0.3 is 12.1 Å². The van der Waals surface area contributed by atoms with E-state index in [0.29, 0.717) is 6.20 Å². The second kappa shape index (κ2) is 5.21. The minimum absolute atomic E-state index is 0.0389. The van der Waals surface area contributed by atoms with Crippen molar-refractivity contribution in [1.29, 1.82) is 5.41 Å². The zero-order chi connectivity index (χ0) is 13.9. The summed E-state index contributed by atoms with van der Waals surface area (Å²) in [7, 11) is 1.14. The highest BCUT2D eigenvalue weighted by atomic mass is 19.4. The number of hydrogen-bond acceptors (Lipinski definition) is 4. The highest BCUT2D eigenvalue weighted by Gasteiger charge is 2.35. The molecule has 0 aliphatic rings. The number of nitrogens with zero attached hydrogens (tertiary/aromatic N) is 1. The lowest BCUT2D eigenvalue weighted by Gasteiger charge is -2.12. The number of alkyl halides is 3. The molecule has 0 bridgehead atoms. The van der Waals surface area contributed by atoms with Crippen molar-refractivity contribution in [3.63, 3.8) is 0 Å². The molecule has 1 rings (SSSR count). The van der Waals surface area contributed by atoms with Gasteiger partial charge in [-0.05, 0) is 6.07 Å². The maximum Gasteiger partial charge on any atom is 0.422 e. The molecule has 8 heteroatoms. The third-order valence-corrected chi connectivity index (χ3v) is 2.18. The third kappa shape index (κ3) is 3.10. The fourth-order valence-corrected chi connectivity index (χ4v) is 1.40. The molecule has 0 atom stereocenters. The Kier molecular flexibility index (Phi) is 4.12. The monoisotopic (exact) mass is 264 g/mol. The molecule has 1 heterocycles. The van der Waals surface area contributed by atoms with Crippen molar-refractivity contribution in [2.45, 2.75) is 12.6 Å². The zero-order valence-electron chi connectivity index (χ0n) is 9.41. The lowest BCUT2D eigenvalue weighted by molar-refractivity contribution is -0.613. The van der Waals surface area contributed by atoms with E-state index in [-0.39, 0.29) is 28.3 Å². The van der Waals surface area contributed by atoms with Gasteiger partial charge in [0.2, 0.25) is 0 Å². The van der Waals surface area contributed by atoms with Crippen molar-refractivity contribution >= 4 is 5.71 Å². The molecule has 18 heavy (non-hydrogen) atoms. The van der Waals surface area contributed by atoms with Gasteiger partial charge in [-0.3, -0.25) is 0 Å². The molecule has 100 valence electrons. The summed E-state index contributed by atoms with van der Waals surface area (Å²) in [6, 6.07) is 0.734. The van der Waals surface area contributed by atoms with Crippen LogP contribution in [-0.2, 0) is 12.6 Å². The molecular weight excluding hydrogens is 253 g/mol. The highest BCUT2D eigenvalue weighted by molar-refractivity contribution is 5.84.